The number of carbonyl (C=O) groups excluding carboxylic acids is 1. The van der Waals surface area contributed by atoms with Crippen molar-refractivity contribution in [3.63, 3.8) is 0 Å². The van der Waals surface area contributed by atoms with Crippen LogP contribution >= 0.6 is 11.6 Å². The molecule has 0 bridgehead atoms. The average molecular weight is 582 g/mol. The molecule has 15 heteroatoms. The Bertz CT molecular complexity index is 1170. The first-order chi connectivity index (χ1) is 18.2. The van der Waals surface area contributed by atoms with Crippen LogP contribution in [0.5, 0.6) is 0 Å². The van der Waals surface area contributed by atoms with Crippen molar-refractivity contribution in [2.75, 3.05) is 39.3 Å². The Hall–Kier alpha value is -2.61. The normalized spacial score (nSPS) is 24.0. The van der Waals surface area contributed by atoms with E-state index in [2.05, 4.69) is 21.9 Å². The number of amides is 1. The maximum Gasteiger partial charge on any atom is 0.451 e. The first kappa shape index (κ1) is 29.4. The van der Waals surface area contributed by atoms with Crippen LogP contribution in [0.15, 0.2) is 27.0 Å². The lowest BCUT2D eigenvalue weighted by molar-refractivity contribution is -0.149. The van der Waals surface area contributed by atoms with Gasteiger partial charge in [-0.1, -0.05) is 18.5 Å². The molecule has 1 saturated heterocycles. The number of hydrogen-bond acceptors (Lipinski definition) is 6. The minimum atomic E-state index is -4.62. The van der Waals surface area contributed by atoms with Gasteiger partial charge in [-0.15, -0.1) is 10.2 Å². The Balaban J connectivity index is 1.45. The van der Waals surface area contributed by atoms with E-state index in [1.807, 2.05) is 11.8 Å². The van der Waals surface area contributed by atoms with E-state index in [1.54, 1.807) is 6.92 Å². The standard InChI is InChI=1S/C24H30ClF6N7O/c1-14-10-36(20(15(2)25)17-4-6-35(11-18(17)32-3)13-23(26,27)28)7-5-16(14)21(39)37-8-9-38-19(12-37)33-34-22(38)24(29,30)31/h14,16H,3-13H2,1-2H3/b20-15-/t14-,16+/m1/s1. The van der Waals surface area contributed by atoms with E-state index < -0.39 is 24.7 Å². The van der Waals surface area contributed by atoms with E-state index >= 15 is 0 Å². The number of halogens is 7. The summed E-state index contributed by atoms with van der Waals surface area (Å²) in [6, 6.07) is 0. The largest absolute Gasteiger partial charge is 0.451 e. The molecule has 8 nitrogen and oxygen atoms in total. The third kappa shape index (κ3) is 6.42. The van der Waals surface area contributed by atoms with Crippen LogP contribution in [0, 0.1) is 11.8 Å². The summed E-state index contributed by atoms with van der Waals surface area (Å²) in [4.78, 5) is 22.3. The topological polar surface area (TPSA) is 69.9 Å². The summed E-state index contributed by atoms with van der Waals surface area (Å²) in [5.74, 6) is -1.58. The Kier molecular flexibility index (Phi) is 8.36. The molecule has 3 aliphatic rings. The fraction of sp³-hybridized carbons (Fsp3) is 0.667. The number of allylic oxidation sites excluding steroid dienone is 2. The molecule has 4 rings (SSSR count). The molecule has 1 aromatic heterocycles. The summed E-state index contributed by atoms with van der Waals surface area (Å²) in [6.07, 6.45) is -8.13. The lowest BCUT2D eigenvalue weighted by Crippen LogP contribution is -2.49. The SMILES string of the molecule is C=NC1=C(/C(=C(\C)Cl)N2CC[C@H](C(=O)N3CCn4c(nnc4C(F)(F)F)C3)[C@H](C)C2)CCN(CC(F)(F)F)C1. The van der Waals surface area contributed by atoms with Gasteiger partial charge in [0.2, 0.25) is 11.7 Å². The lowest BCUT2D eigenvalue weighted by Gasteiger charge is -2.42. The molecule has 3 aliphatic heterocycles. The maximum absolute atomic E-state index is 13.4. The summed E-state index contributed by atoms with van der Waals surface area (Å²) >= 11 is 6.50. The third-order valence-corrected chi connectivity index (χ3v) is 7.64. The van der Waals surface area contributed by atoms with Crippen molar-refractivity contribution in [3.8, 4) is 0 Å². The third-order valence-electron chi connectivity index (χ3n) is 7.46. The molecule has 0 unspecified atom stereocenters. The van der Waals surface area contributed by atoms with Gasteiger partial charge in [0.25, 0.3) is 0 Å². The maximum atomic E-state index is 13.4. The highest BCUT2D eigenvalue weighted by molar-refractivity contribution is 6.29. The van der Waals surface area contributed by atoms with Crippen LogP contribution in [0.1, 0.15) is 38.3 Å². The zero-order valence-electron chi connectivity index (χ0n) is 21.6. The van der Waals surface area contributed by atoms with Crippen LogP contribution in [0.3, 0.4) is 0 Å². The van der Waals surface area contributed by atoms with Crippen LogP contribution in [0.4, 0.5) is 26.3 Å². The fourth-order valence-electron chi connectivity index (χ4n) is 5.71. The smallest absolute Gasteiger partial charge is 0.370 e. The van der Waals surface area contributed by atoms with Gasteiger partial charge >= 0.3 is 12.4 Å². The monoisotopic (exact) mass is 581 g/mol. The van der Waals surface area contributed by atoms with Gasteiger partial charge in [0.15, 0.2) is 5.82 Å². The van der Waals surface area contributed by atoms with Crippen LogP contribution < -0.4 is 0 Å². The molecule has 216 valence electrons. The van der Waals surface area contributed by atoms with E-state index in [-0.39, 0.29) is 56.3 Å². The van der Waals surface area contributed by atoms with Gasteiger partial charge in [-0.25, -0.2) is 0 Å². The number of fused-ring (bicyclic) bond motifs is 1. The molecule has 2 atom stereocenters. The molecular formula is C24H30ClF6N7O. The second-order valence-corrected chi connectivity index (χ2v) is 10.8. The molecule has 0 saturated carbocycles. The molecule has 4 heterocycles. The minimum absolute atomic E-state index is 0.00610. The summed E-state index contributed by atoms with van der Waals surface area (Å²) < 4.78 is 79.2. The first-order valence-electron chi connectivity index (χ1n) is 12.6. The number of rotatable bonds is 5. The van der Waals surface area contributed by atoms with Gasteiger partial charge in [-0.3, -0.25) is 14.7 Å². The van der Waals surface area contributed by atoms with Crippen molar-refractivity contribution in [3.05, 3.63) is 33.6 Å². The predicted molar refractivity (Wildman–Crippen MR) is 132 cm³/mol. The lowest BCUT2D eigenvalue weighted by atomic mass is 9.84. The Morgan fingerprint density at radius 1 is 1.08 bits per heavy atom. The number of nitrogens with zero attached hydrogens (tertiary/aromatic N) is 7. The molecule has 0 aromatic carbocycles. The highest BCUT2D eigenvalue weighted by atomic mass is 35.5. The van der Waals surface area contributed by atoms with Gasteiger partial charge in [0.1, 0.15) is 0 Å². The molecule has 0 spiro atoms. The number of aromatic nitrogens is 3. The van der Waals surface area contributed by atoms with Crippen molar-refractivity contribution in [2.45, 2.75) is 52.1 Å². The minimum Gasteiger partial charge on any atom is -0.370 e. The van der Waals surface area contributed by atoms with Gasteiger partial charge in [-0.2, -0.15) is 26.3 Å². The number of alkyl halides is 6. The number of likely N-dealkylation sites (tertiary alicyclic amines) is 1. The zero-order valence-corrected chi connectivity index (χ0v) is 22.4. The van der Waals surface area contributed by atoms with Gasteiger partial charge in [0.05, 0.1) is 24.5 Å². The summed E-state index contributed by atoms with van der Waals surface area (Å²) in [5, 5.41) is 7.39. The van der Waals surface area contributed by atoms with Crippen molar-refractivity contribution in [1.29, 1.82) is 0 Å². The van der Waals surface area contributed by atoms with Crippen molar-refractivity contribution in [1.82, 2.24) is 29.5 Å². The van der Waals surface area contributed by atoms with Crippen LogP contribution in [0.25, 0.3) is 0 Å². The molecule has 0 aliphatic carbocycles. The average Bonchev–Trinajstić information content (AvgIpc) is 3.27. The Morgan fingerprint density at radius 3 is 2.38 bits per heavy atom. The second-order valence-electron chi connectivity index (χ2n) is 10.2. The summed E-state index contributed by atoms with van der Waals surface area (Å²) in [5.41, 5.74) is 1.90. The second kappa shape index (κ2) is 11.1. The highest BCUT2D eigenvalue weighted by Crippen LogP contribution is 2.37. The van der Waals surface area contributed by atoms with Crippen molar-refractivity contribution in [2.24, 2.45) is 16.8 Å². The van der Waals surface area contributed by atoms with Gasteiger partial charge in [0, 0.05) is 55.8 Å². The van der Waals surface area contributed by atoms with E-state index in [9.17, 15) is 31.1 Å². The quantitative estimate of drug-likeness (QED) is 0.383. The molecule has 0 radical (unpaired) electrons. The van der Waals surface area contributed by atoms with Crippen molar-refractivity contribution < 1.29 is 31.1 Å². The number of aliphatic imine (C=N–C) groups is 1. The Labute approximate surface area is 227 Å². The molecule has 1 amide bonds. The molecule has 39 heavy (non-hydrogen) atoms. The summed E-state index contributed by atoms with van der Waals surface area (Å²) in [6.45, 7) is 7.36. The molecule has 1 fully saturated rings. The van der Waals surface area contributed by atoms with Gasteiger partial charge in [-0.05, 0) is 32.4 Å². The van der Waals surface area contributed by atoms with Crippen LogP contribution in [-0.2, 0) is 24.1 Å². The zero-order chi connectivity index (χ0) is 28.7. The van der Waals surface area contributed by atoms with Gasteiger partial charge < -0.3 is 14.4 Å². The van der Waals surface area contributed by atoms with E-state index in [0.717, 1.165) is 10.1 Å². The molecule has 1 aromatic rings. The number of carbonyl (C=O) groups is 1. The van der Waals surface area contributed by atoms with Crippen LogP contribution in [-0.4, -0.2) is 87.5 Å². The Morgan fingerprint density at radius 2 is 1.79 bits per heavy atom. The van der Waals surface area contributed by atoms with Crippen molar-refractivity contribution >= 4 is 24.2 Å². The van der Waals surface area contributed by atoms with E-state index in [1.165, 1.54) is 9.80 Å². The van der Waals surface area contributed by atoms with Crippen LogP contribution in [0.2, 0.25) is 0 Å². The number of hydrogen-bond donors (Lipinski definition) is 0. The summed E-state index contributed by atoms with van der Waals surface area (Å²) in [7, 11) is 0. The fourth-order valence-corrected chi connectivity index (χ4v) is 5.95. The molecular weight excluding hydrogens is 552 g/mol. The predicted octanol–water partition coefficient (Wildman–Crippen LogP) is 4.29. The first-order valence-corrected chi connectivity index (χ1v) is 12.9. The van der Waals surface area contributed by atoms with E-state index in [4.69, 9.17) is 11.6 Å². The molecule has 0 N–H and O–H groups in total. The van der Waals surface area contributed by atoms with E-state index in [0.29, 0.717) is 42.4 Å². The highest BCUT2D eigenvalue weighted by Gasteiger charge is 2.42. The number of piperidine rings is 1.